The number of amides is 4. The molecule has 0 aliphatic carbocycles. The van der Waals surface area contributed by atoms with Gasteiger partial charge in [0.15, 0.2) is 0 Å². The van der Waals surface area contributed by atoms with Crippen molar-refractivity contribution in [3.63, 3.8) is 0 Å². The molecule has 5 heterocycles. The van der Waals surface area contributed by atoms with Gasteiger partial charge in [-0.1, -0.05) is 48.7 Å². The van der Waals surface area contributed by atoms with Crippen molar-refractivity contribution in [3.8, 4) is 11.3 Å². The molecule has 0 bridgehead atoms. The SMILES string of the molecule is C=CC(=O)N1CCCC(NC(=O)[C@@H]2Sc3nccc4c3C2NC(=O)N4c2cc(C)nc(-c3ccccc3)c2)C1. The van der Waals surface area contributed by atoms with E-state index >= 15 is 0 Å². The van der Waals surface area contributed by atoms with E-state index in [0.29, 0.717) is 24.5 Å². The van der Waals surface area contributed by atoms with E-state index in [0.717, 1.165) is 40.4 Å². The fourth-order valence-electron chi connectivity index (χ4n) is 5.53. The summed E-state index contributed by atoms with van der Waals surface area (Å²) in [5.41, 5.74) is 4.76. The number of anilines is 2. The number of likely N-dealkylation sites (tertiary alicyclic amines) is 1. The Morgan fingerprint density at radius 3 is 2.82 bits per heavy atom. The quantitative estimate of drug-likeness (QED) is 0.472. The fourth-order valence-corrected chi connectivity index (χ4v) is 6.76. The molecule has 2 aromatic heterocycles. The predicted molar refractivity (Wildman–Crippen MR) is 150 cm³/mol. The number of rotatable bonds is 5. The maximum atomic E-state index is 13.6. The summed E-state index contributed by atoms with van der Waals surface area (Å²) >= 11 is 1.36. The average molecular weight is 541 g/mol. The molecule has 1 saturated heterocycles. The second-order valence-corrected chi connectivity index (χ2v) is 11.0. The first-order valence-corrected chi connectivity index (χ1v) is 13.8. The molecule has 3 atom stereocenters. The molecular weight excluding hydrogens is 512 g/mol. The van der Waals surface area contributed by atoms with Gasteiger partial charge in [-0.05, 0) is 44.0 Å². The van der Waals surface area contributed by atoms with Crippen LogP contribution in [0.4, 0.5) is 16.2 Å². The van der Waals surface area contributed by atoms with E-state index < -0.39 is 11.3 Å². The van der Waals surface area contributed by atoms with Gasteiger partial charge in [-0.3, -0.25) is 19.5 Å². The van der Waals surface area contributed by atoms with Crippen molar-refractivity contribution >= 4 is 41.0 Å². The topological polar surface area (TPSA) is 108 Å². The zero-order valence-electron chi connectivity index (χ0n) is 21.5. The minimum atomic E-state index is -0.565. The van der Waals surface area contributed by atoms with E-state index in [1.54, 1.807) is 16.0 Å². The van der Waals surface area contributed by atoms with Gasteiger partial charge in [-0.2, -0.15) is 0 Å². The molecule has 198 valence electrons. The number of carbonyl (C=O) groups excluding carboxylic acids is 3. The third-order valence-electron chi connectivity index (χ3n) is 7.28. The van der Waals surface area contributed by atoms with E-state index in [1.807, 2.05) is 55.5 Å². The monoisotopic (exact) mass is 540 g/mol. The molecule has 0 radical (unpaired) electrons. The number of aryl methyl sites for hydroxylation is 1. The second kappa shape index (κ2) is 10.2. The standard InChI is InChI=1S/C29H28N6O3S/c1-3-23(36)34-13-7-10-19(16-34)32-27(37)26-25-24-22(11-12-30-28(24)39-26)35(29(38)33-25)20-14-17(2)31-21(15-20)18-8-5-4-6-9-18/h3-6,8-9,11-12,14-15,19,25-26H,1,7,10,13,16H2,2H3,(H,32,37)(H,33,38)/t19?,25?,26-/m1/s1. The number of carbonyl (C=O) groups is 3. The van der Waals surface area contributed by atoms with Crippen LogP contribution in [0.5, 0.6) is 0 Å². The highest BCUT2D eigenvalue weighted by Gasteiger charge is 2.47. The molecule has 10 heteroatoms. The molecule has 1 aromatic carbocycles. The van der Waals surface area contributed by atoms with E-state index in [4.69, 9.17) is 0 Å². The predicted octanol–water partition coefficient (Wildman–Crippen LogP) is 4.12. The lowest BCUT2D eigenvalue weighted by atomic mass is 9.99. The number of pyridine rings is 2. The van der Waals surface area contributed by atoms with Crippen LogP contribution in [0.3, 0.4) is 0 Å². The van der Waals surface area contributed by atoms with Gasteiger partial charge in [0.2, 0.25) is 11.8 Å². The maximum absolute atomic E-state index is 13.6. The summed E-state index contributed by atoms with van der Waals surface area (Å²) in [5.74, 6) is -0.307. The van der Waals surface area contributed by atoms with Gasteiger partial charge in [0.05, 0.1) is 23.1 Å². The van der Waals surface area contributed by atoms with Crippen LogP contribution in [0, 0.1) is 6.92 Å². The van der Waals surface area contributed by atoms with E-state index in [1.165, 1.54) is 17.8 Å². The van der Waals surface area contributed by atoms with Gasteiger partial charge in [0.1, 0.15) is 10.3 Å². The third kappa shape index (κ3) is 4.65. The largest absolute Gasteiger partial charge is 0.351 e. The number of thioether (sulfide) groups is 1. The van der Waals surface area contributed by atoms with Crippen molar-refractivity contribution in [2.75, 3.05) is 18.0 Å². The Labute approximate surface area is 230 Å². The highest BCUT2D eigenvalue weighted by Crippen LogP contribution is 2.50. The molecule has 2 N–H and O–H groups in total. The van der Waals surface area contributed by atoms with Crippen LogP contribution in [0.2, 0.25) is 0 Å². The summed E-state index contributed by atoms with van der Waals surface area (Å²) in [7, 11) is 0. The number of nitrogens with zero attached hydrogens (tertiary/aromatic N) is 4. The van der Waals surface area contributed by atoms with Crippen molar-refractivity contribution < 1.29 is 14.4 Å². The van der Waals surface area contributed by atoms with Crippen LogP contribution in [0.25, 0.3) is 11.3 Å². The number of hydrogen-bond acceptors (Lipinski definition) is 6. The van der Waals surface area contributed by atoms with Crippen LogP contribution in [0.15, 0.2) is 72.4 Å². The van der Waals surface area contributed by atoms with Crippen LogP contribution >= 0.6 is 11.8 Å². The first-order chi connectivity index (χ1) is 18.9. The Morgan fingerprint density at radius 2 is 2.03 bits per heavy atom. The lowest BCUT2D eigenvalue weighted by Gasteiger charge is -2.35. The number of hydrogen-bond donors (Lipinski definition) is 2. The average Bonchev–Trinajstić information content (AvgIpc) is 3.32. The molecule has 3 aromatic rings. The van der Waals surface area contributed by atoms with Crippen LogP contribution in [0.1, 0.15) is 30.1 Å². The van der Waals surface area contributed by atoms with Crippen molar-refractivity contribution in [1.82, 2.24) is 25.5 Å². The summed E-state index contributed by atoms with van der Waals surface area (Å²) in [5, 5.41) is 6.35. The number of urea groups is 1. The minimum absolute atomic E-state index is 0.133. The lowest BCUT2D eigenvalue weighted by molar-refractivity contribution is -0.129. The molecule has 0 spiro atoms. The molecule has 4 amide bonds. The van der Waals surface area contributed by atoms with Crippen molar-refractivity contribution in [2.24, 2.45) is 0 Å². The van der Waals surface area contributed by atoms with E-state index in [9.17, 15) is 14.4 Å². The molecule has 0 saturated carbocycles. The number of nitrogens with one attached hydrogen (secondary N) is 2. The third-order valence-corrected chi connectivity index (χ3v) is 8.57. The highest BCUT2D eigenvalue weighted by molar-refractivity contribution is 8.01. The van der Waals surface area contributed by atoms with Gasteiger partial charge in [0.25, 0.3) is 0 Å². The summed E-state index contributed by atoms with van der Waals surface area (Å²) in [6, 6.07) is 14.5. The van der Waals surface area contributed by atoms with Crippen LogP contribution < -0.4 is 15.5 Å². The Morgan fingerprint density at radius 1 is 1.21 bits per heavy atom. The van der Waals surface area contributed by atoms with Crippen molar-refractivity contribution in [3.05, 3.63) is 78.6 Å². The smallest absolute Gasteiger partial charge is 0.327 e. The molecular formula is C29H28N6O3S. The molecule has 9 nitrogen and oxygen atoms in total. The van der Waals surface area contributed by atoms with Crippen molar-refractivity contribution in [2.45, 2.75) is 42.1 Å². The number of benzene rings is 1. The van der Waals surface area contributed by atoms with E-state index in [2.05, 4.69) is 27.2 Å². The highest BCUT2D eigenvalue weighted by atomic mass is 32.2. The Kier molecular flexibility index (Phi) is 6.56. The molecule has 3 aliphatic heterocycles. The van der Waals surface area contributed by atoms with Crippen LogP contribution in [-0.2, 0) is 9.59 Å². The number of piperidine rings is 1. The zero-order valence-corrected chi connectivity index (χ0v) is 22.3. The first-order valence-electron chi connectivity index (χ1n) is 12.9. The van der Waals surface area contributed by atoms with Gasteiger partial charge in [-0.15, -0.1) is 0 Å². The van der Waals surface area contributed by atoms with Gasteiger partial charge in [0, 0.05) is 42.1 Å². The molecule has 3 aliphatic rings. The van der Waals surface area contributed by atoms with Crippen LogP contribution in [-0.4, -0.2) is 57.1 Å². The lowest BCUT2D eigenvalue weighted by Crippen LogP contribution is -2.53. The van der Waals surface area contributed by atoms with Gasteiger partial charge in [-0.25, -0.2) is 9.78 Å². The Balaban J connectivity index is 1.28. The summed E-state index contributed by atoms with van der Waals surface area (Å²) < 4.78 is 0. The summed E-state index contributed by atoms with van der Waals surface area (Å²) in [6.07, 6.45) is 4.57. The van der Waals surface area contributed by atoms with Gasteiger partial charge < -0.3 is 15.5 Å². The number of aromatic nitrogens is 2. The molecule has 2 unspecified atom stereocenters. The molecule has 39 heavy (non-hydrogen) atoms. The Bertz CT molecular complexity index is 1480. The van der Waals surface area contributed by atoms with Crippen molar-refractivity contribution in [1.29, 1.82) is 0 Å². The fraction of sp³-hybridized carbons (Fsp3) is 0.276. The minimum Gasteiger partial charge on any atom is -0.351 e. The maximum Gasteiger partial charge on any atom is 0.327 e. The summed E-state index contributed by atoms with van der Waals surface area (Å²) in [6.45, 7) is 6.57. The molecule has 6 rings (SSSR count). The normalized spacial score (nSPS) is 21.7. The molecule has 1 fully saturated rings. The van der Waals surface area contributed by atoms with Gasteiger partial charge >= 0.3 is 6.03 Å². The zero-order chi connectivity index (χ0) is 27.1. The summed E-state index contributed by atoms with van der Waals surface area (Å²) in [4.78, 5) is 51.7. The van der Waals surface area contributed by atoms with E-state index in [-0.39, 0.29) is 23.9 Å². The Hall–Kier alpha value is -4.18. The first kappa shape index (κ1) is 25.1. The second-order valence-electron chi connectivity index (χ2n) is 9.90.